The Morgan fingerprint density at radius 3 is 2.58 bits per heavy atom. The summed E-state index contributed by atoms with van der Waals surface area (Å²) >= 11 is 0. The van der Waals surface area contributed by atoms with Gasteiger partial charge in [0.05, 0.1) is 16.7 Å². The fourth-order valence-electron chi connectivity index (χ4n) is 1.93. The monoisotopic (exact) mass is 255 g/mol. The number of carbonyl (C=O) groups is 2. The second-order valence-electron chi connectivity index (χ2n) is 4.12. The molecule has 0 bridgehead atoms. The first-order chi connectivity index (χ1) is 9.14. The maximum Gasteiger partial charge on any atom is 0.295 e. The first kappa shape index (κ1) is 11.5. The number of aromatic nitrogens is 2. The van der Waals surface area contributed by atoms with Crippen molar-refractivity contribution in [3.63, 3.8) is 0 Å². The molecular weight excluding hydrogens is 246 g/mol. The molecule has 0 saturated carbocycles. The van der Waals surface area contributed by atoms with Crippen molar-refractivity contribution in [2.45, 2.75) is 5.72 Å². The number of ether oxygens (including phenoxy) is 1. The Kier molecular flexibility index (Phi) is 2.39. The molecule has 0 radical (unpaired) electrons. The first-order valence-corrected chi connectivity index (χ1v) is 5.55. The van der Waals surface area contributed by atoms with Crippen LogP contribution in [0.1, 0.15) is 16.2 Å². The number of Topliss-reactive ketones (excluding diaryl/α,β-unsaturated/α-hetero) is 1. The summed E-state index contributed by atoms with van der Waals surface area (Å²) in [6, 6.07) is 7.17. The molecule has 6 nitrogen and oxygen atoms in total. The molecule has 1 atom stereocenters. The Morgan fingerprint density at radius 1 is 1.21 bits per heavy atom. The lowest BCUT2D eigenvalue weighted by atomic mass is 9.97. The zero-order chi connectivity index (χ0) is 13.5. The molecule has 1 heterocycles. The molecule has 1 aliphatic rings. The van der Waals surface area contributed by atoms with Gasteiger partial charge in [-0.1, -0.05) is 12.1 Å². The molecule has 0 fully saturated rings. The van der Waals surface area contributed by atoms with Crippen molar-refractivity contribution in [3.8, 4) is 0 Å². The van der Waals surface area contributed by atoms with Gasteiger partial charge in [-0.3, -0.25) is 15.3 Å². The Hall–Kier alpha value is -2.60. The van der Waals surface area contributed by atoms with Crippen LogP contribution in [0.3, 0.4) is 0 Å². The Balaban J connectivity index is 2.21. The molecule has 0 amide bonds. The molecule has 1 aliphatic carbocycles. The molecule has 1 aromatic heterocycles. The van der Waals surface area contributed by atoms with Crippen LogP contribution >= 0.6 is 0 Å². The van der Waals surface area contributed by atoms with Crippen LogP contribution in [0.2, 0.25) is 0 Å². The molecule has 0 saturated heterocycles. The summed E-state index contributed by atoms with van der Waals surface area (Å²) in [6.07, 6.45) is 2.83. The molecule has 1 unspecified atom stereocenters. The number of hydrogen-bond acceptors (Lipinski definition) is 6. The van der Waals surface area contributed by atoms with Gasteiger partial charge in [-0.2, -0.15) is 0 Å². The van der Waals surface area contributed by atoms with Gasteiger partial charge in [0.15, 0.2) is 0 Å². The number of ketones is 1. The Morgan fingerprint density at radius 2 is 1.89 bits per heavy atom. The summed E-state index contributed by atoms with van der Waals surface area (Å²) in [5, 5.41) is 0. The van der Waals surface area contributed by atoms with Crippen LogP contribution in [-0.2, 0) is 9.53 Å². The third-order valence-electron chi connectivity index (χ3n) is 2.90. The minimum Gasteiger partial charge on any atom is -0.435 e. The summed E-state index contributed by atoms with van der Waals surface area (Å²) in [4.78, 5) is 31.2. The smallest absolute Gasteiger partial charge is 0.295 e. The quantitative estimate of drug-likeness (QED) is 0.626. The van der Waals surface area contributed by atoms with E-state index >= 15 is 0 Å². The van der Waals surface area contributed by atoms with Crippen molar-refractivity contribution in [1.82, 2.24) is 9.97 Å². The van der Waals surface area contributed by atoms with Crippen LogP contribution in [0.25, 0.3) is 17.1 Å². The van der Waals surface area contributed by atoms with E-state index < -0.39 is 11.5 Å². The van der Waals surface area contributed by atoms with Crippen molar-refractivity contribution >= 4 is 29.4 Å². The van der Waals surface area contributed by atoms with E-state index in [2.05, 4.69) is 14.7 Å². The zero-order valence-electron chi connectivity index (χ0n) is 9.74. The van der Waals surface area contributed by atoms with E-state index in [1.54, 1.807) is 18.2 Å². The van der Waals surface area contributed by atoms with Gasteiger partial charge < -0.3 is 4.74 Å². The summed E-state index contributed by atoms with van der Waals surface area (Å²) < 4.78 is 4.64. The summed E-state index contributed by atoms with van der Waals surface area (Å²) in [5.74, 6) is -0.588. The first-order valence-electron chi connectivity index (χ1n) is 5.55. The molecule has 6 heteroatoms. The average molecular weight is 255 g/mol. The molecule has 0 aliphatic heterocycles. The number of carbonyl (C=O) groups excluding carboxylic acids is 2. The minimum absolute atomic E-state index is 0.102. The molecule has 2 aromatic rings. The molecule has 19 heavy (non-hydrogen) atoms. The number of rotatable bonds is 2. The van der Waals surface area contributed by atoms with Crippen molar-refractivity contribution < 1.29 is 14.3 Å². The van der Waals surface area contributed by atoms with Crippen LogP contribution in [-0.4, -0.2) is 27.9 Å². The second kappa shape index (κ2) is 3.96. The van der Waals surface area contributed by atoms with Crippen LogP contribution < -0.4 is 5.73 Å². The highest BCUT2D eigenvalue weighted by atomic mass is 16.6. The number of nitrogens with zero attached hydrogens (tertiary/aromatic N) is 2. The highest BCUT2D eigenvalue weighted by molar-refractivity contribution is 6.08. The maximum atomic E-state index is 12.2. The molecular formula is C13H9N3O3. The number of para-hydroxylation sites is 2. The van der Waals surface area contributed by atoms with E-state index in [1.165, 1.54) is 12.2 Å². The van der Waals surface area contributed by atoms with Crippen LogP contribution in [0.15, 0.2) is 30.3 Å². The lowest BCUT2D eigenvalue weighted by Crippen LogP contribution is -2.50. The van der Waals surface area contributed by atoms with Gasteiger partial charge in [-0.25, -0.2) is 9.97 Å². The van der Waals surface area contributed by atoms with Gasteiger partial charge in [0.2, 0.25) is 11.5 Å². The van der Waals surface area contributed by atoms with Gasteiger partial charge in [-0.05, 0) is 24.3 Å². The van der Waals surface area contributed by atoms with Gasteiger partial charge in [0.25, 0.3) is 6.47 Å². The highest BCUT2D eigenvalue weighted by Gasteiger charge is 2.39. The van der Waals surface area contributed by atoms with Gasteiger partial charge >= 0.3 is 0 Å². The molecule has 1 aromatic carbocycles. The number of hydrogen-bond donors (Lipinski definition) is 1. The van der Waals surface area contributed by atoms with E-state index in [4.69, 9.17) is 5.73 Å². The molecule has 2 N–H and O–H groups in total. The second-order valence-corrected chi connectivity index (χ2v) is 4.12. The van der Waals surface area contributed by atoms with E-state index in [1.807, 2.05) is 6.07 Å². The Bertz CT molecular complexity index is 726. The normalized spacial score (nSPS) is 21.2. The minimum atomic E-state index is -1.80. The topological polar surface area (TPSA) is 95.2 Å². The lowest BCUT2D eigenvalue weighted by molar-refractivity contribution is -0.135. The van der Waals surface area contributed by atoms with E-state index in [0.717, 1.165) is 0 Å². The van der Waals surface area contributed by atoms with Crippen molar-refractivity contribution in [3.05, 3.63) is 41.7 Å². The fourth-order valence-corrected chi connectivity index (χ4v) is 1.93. The van der Waals surface area contributed by atoms with Crippen molar-refractivity contribution in [2.75, 3.05) is 0 Å². The predicted molar refractivity (Wildman–Crippen MR) is 67.0 cm³/mol. The third-order valence-corrected chi connectivity index (χ3v) is 2.90. The summed E-state index contributed by atoms with van der Waals surface area (Å²) in [6.45, 7) is 0.141. The number of nitrogens with two attached hydrogens (primary N) is 1. The molecule has 94 valence electrons. The fraction of sp³-hybridized carbons (Fsp3) is 0.0769. The number of fused-ring (bicyclic) bond motifs is 2. The van der Waals surface area contributed by atoms with E-state index in [0.29, 0.717) is 16.7 Å². The maximum absolute atomic E-state index is 12.2. The zero-order valence-corrected chi connectivity index (χ0v) is 9.74. The third kappa shape index (κ3) is 1.69. The Labute approximate surface area is 107 Å². The lowest BCUT2D eigenvalue weighted by Gasteiger charge is -2.25. The van der Waals surface area contributed by atoms with Gasteiger partial charge in [0.1, 0.15) is 5.69 Å². The standard InChI is InChI=1S/C13H9N3O3/c14-13(19-7-17)6-5-10-11(12(13)18)16-9-4-2-1-3-8(9)15-10/h1-7H,14H2. The van der Waals surface area contributed by atoms with Gasteiger partial charge in [0, 0.05) is 0 Å². The molecule has 3 rings (SSSR count). The molecule has 0 spiro atoms. The van der Waals surface area contributed by atoms with Crippen molar-refractivity contribution in [1.29, 1.82) is 0 Å². The van der Waals surface area contributed by atoms with Crippen LogP contribution in [0, 0.1) is 0 Å². The van der Waals surface area contributed by atoms with E-state index in [9.17, 15) is 9.59 Å². The number of benzene rings is 1. The highest BCUT2D eigenvalue weighted by Crippen LogP contribution is 2.24. The summed E-state index contributed by atoms with van der Waals surface area (Å²) in [7, 11) is 0. The van der Waals surface area contributed by atoms with Crippen LogP contribution in [0.4, 0.5) is 0 Å². The van der Waals surface area contributed by atoms with Crippen molar-refractivity contribution in [2.24, 2.45) is 5.73 Å². The van der Waals surface area contributed by atoms with E-state index in [-0.39, 0.29) is 12.2 Å². The SMILES string of the molecule is NC1(OC=O)C=Cc2nc3ccccc3nc2C1=O. The average Bonchev–Trinajstić information content (AvgIpc) is 2.42. The largest absolute Gasteiger partial charge is 0.435 e. The van der Waals surface area contributed by atoms with Gasteiger partial charge in [-0.15, -0.1) is 0 Å². The summed E-state index contributed by atoms with van der Waals surface area (Å²) in [5.41, 5.74) is 5.69. The predicted octanol–water partition coefficient (Wildman–Crippen LogP) is 0.667. The van der Waals surface area contributed by atoms with Crippen LogP contribution in [0.5, 0.6) is 0 Å².